The molecule has 0 saturated carbocycles. The van der Waals surface area contributed by atoms with Gasteiger partial charge in [0.1, 0.15) is 5.82 Å². The number of rotatable bonds is 3. The Morgan fingerprint density at radius 1 is 1.31 bits per heavy atom. The molecule has 0 aromatic carbocycles. The molecule has 1 N–H and O–H groups in total. The summed E-state index contributed by atoms with van der Waals surface area (Å²) in [6.07, 6.45) is 5.97. The van der Waals surface area contributed by atoms with Crippen LogP contribution in [0.1, 0.15) is 30.4 Å². The average Bonchev–Trinajstić information content (AvgIpc) is 2.31. The number of hydrogen-bond acceptors (Lipinski definition) is 3. The zero-order chi connectivity index (χ0) is 11.4. The molecule has 16 heavy (non-hydrogen) atoms. The topological polar surface area (TPSA) is 28.2 Å². The van der Waals surface area contributed by atoms with Crippen molar-refractivity contribution in [1.29, 1.82) is 0 Å². The highest BCUT2D eigenvalue weighted by Gasteiger charge is 2.14. The van der Waals surface area contributed by atoms with Gasteiger partial charge in [-0.3, -0.25) is 0 Å². The van der Waals surface area contributed by atoms with E-state index in [1.807, 2.05) is 13.2 Å². The zero-order valence-corrected chi connectivity index (χ0v) is 10.3. The molecule has 0 spiro atoms. The summed E-state index contributed by atoms with van der Waals surface area (Å²) in [5, 5.41) is 3.16. The fourth-order valence-electron chi connectivity index (χ4n) is 2.36. The molecule has 3 nitrogen and oxygen atoms in total. The highest BCUT2D eigenvalue weighted by molar-refractivity contribution is 5.47. The second-order valence-electron chi connectivity index (χ2n) is 4.56. The van der Waals surface area contributed by atoms with Crippen LogP contribution in [0.2, 0.25) is 0 Å². The van der Waals surface area contributed by atoms with Crippen LogP contribution >= 0.6 is 0 Å². The number of anilines is 1. The van der Waals surface area contributed by atoms with E-state index in [1.165, 1.54) is 49.3 Å². The van der Waals surface area contributed by atoms with E-state index in [1.54, 1.807) is 0 Å². The van der Waals surface area contributed by atoms with Crippen LogP contribution in [0.5, 0.6) is 0 Å². The lowest BCUT2D eigenvalue weighted by Gasteiger charge is -2.29. The summed E-state index contributed by atoms with van der Waals surface area (Å²) in [4.78, 5) is 7.03. The molecule has 1 aromatic rings. The Morgan fingerprint density at radius 2 is 2.06 bits per heavy atom. The second kappa shape index (κ2) is 5.30. The van der Waals surface area contributed by atoms with E-state index in [0.29, 0.717) is 0 Å². The van der Waals surface area contributed by atoms with Gasteiger partial charge in [-0.05, 0) is 50.4 Å². The Balaban J connectivity index is 2.14. The minimum absolute atomic E-state index is 0.897. The molecule has 0 unspecified atom stereocenters. The number of nitrogens with one attached hydrogen (secondary N) is 1. The molecule has 0 atom stereocenters. The normalized spacial score (nSPS) is 16.5. The average molecular weight is 219 g/mol. The maximum Gasteiger partial charge on any atom is 0.131 e. The molecule has 88 valence electrons. The molecule has 2 rings (SSSR count). The van der Waals surface area contributed by atoms with Crippen LogP contribution in [0.4, 0.5) is 5.82 Å². The van der Waals surface area contributed by atoms with Crippen LogP contribution < -0.4 is 10.2 Å². The van der Waals surface area contributed by atoms with Crippen molar-refractivity contribution in [3.63, 3.8) is 0 Å². The summed E-state index contributed by atoms with van der Waals surface area (Å²) in [7, 11) is 1.97. The number of piperidine rings is 1. The van der Waals surface area contributed by atoms with Crippen molar-refractivity contribution in [3.05, 3.63) is 23.4 Å². The Kier molecular flexibility index (Phi) is 3.78. The lowest BCUT2D eigenvalue weighted by molar-refractivity contribution is 0.572. The van der Waals surface area contributed by atoms with Crippen LogP contribution in [0.25, 0.3) is 0 Å². The van der Waals surface area contributed by atoms with Crippen molar-refractivity contribution in [1.82, 2.24) is 10.3 Å². The van der Waals surface area contributed by atoms with Crippen LogP contribution in [-0.4, -0.2) is 25.1 Å². The first-order valence-corrected chi connectivity index (χ1v) is 6.16. The highest BCUT2D eigenvalue weighted by atomic mass is 15.2. The van der Waals surface area contributed by atoms with Crippen molar-refractivity contribution in [2.75, 3.05) is 25.0 Å². The highest BCUT2D eigenvalue weighted by Crippen LogP contribution is 2.21. The van der Waals surface area contributed by atoms with E-state index >= 15 is 0 Å². The monoisotopic (exact) mass is 219 g/mol. The summed E-state index contributed by atoms with van der Waals surface area (Å²) < 4.78 is 0. The molecule has 0 amide bonds. The Labute approximate surface area is 97.9 Å². The lowest BCUT2D eigenvalue weighted by Crippen LogP contribution is -2.30. The molecule has 1 aliphatic rings. The molecule has 3 heteroatoms. The maximum absolute atomic E-state index is 4.61. The minimum Gasteiger partial charge on any atom is -0.356 e. The maximum atomic E-state index is 4.61. The van der Waals surface area contributed by atoms with Gasteiger partial charge in [-0.15, -0.1) is 0 Å². The number of aromatic nitrogens is 1. The van der Waals surface area contributed by atoms with Crippen molar-refractivity contribution >= 4 is 5.82 Å². The van der Waals surface area contributed by atoms with Crippen molar-refractivity contribution in [2.24, 2.45) is 0 Å². The van der Waals surface area contributed by atoms with Crippen LogP contribution in [0, 0.1) is 6.92 Å². The first-order valence-electron chi connectivity index (χ1n) is 6.16. The van der Waals surface area contributed by atoms with Gasteiger partial charge in [0.15, 0.2) is 0 Å². The summed E-state index contributed by atoms with van der Waals surface area (Å²) in [5.74, 6) is 1.18. The van der Waals surface area contributed by atoms with Crippen molar-refractivity contribution in [3.8, 4) is 0 Å². The van der Waals surface area contributed by atoms with Gasteiger partial charge in [0.2, 0.25) is 0 Å². The molecule has 1 saturated heterocycles. The third-order valence-corrected chi connectivity index (χ3v) is 3.14. The van der Waals surface area contributed by atoms with Crippen LogP contribution in [0.15, 0.2) is 12.3 Å². The fraction of sp³-hybridized carbons (Fsp3) is 0.615. The molecular formula is C13H21N3. The van der Waals surface area contributed by atoms with Gasteiger partial charge >= 0.3 is 0 Å². The van der Waals surface area contributed by atoms with Gasteiger partial charge in [-0.1, -0.05) is 0 Å². The predicted octanol–water partition coefficient (Wildman–Crippen LogP) is 2.10. The Bertz CT molecular complexity index is 343. The lowest BCUT2D eigenvalue weighted by atomic mass is 10.1. The van der Waals surface area contributed by atoms with Crippen LogP contribution in [-0.2, 0) is 6.54 Å². The summed E-state index contributed by atoms with van der Waals surface area (Å²) >= 11 is 0. The largest absolute Gasteiger partial charge is 0.356 e. The van der Waals surface area contributed by atoms with Gasteiger partial charge in [-0.2, -0.15) is 0 Å². The van der Waals surface area contributed by atoms with Gasteiger partial charge in [0.25, 0.3) is 0 Å². The van der Waals surface area contributed by atoms with E-state index in [4.69, 9.17) is 0 Å². The second-order valence-corrected chi connectivity index (χ2v) is 4.56. The quantitative estimate of drug-likeness (QED) is 0.844. The first kappa shape index (κ1) is 11.4. The molecule has 1 aromatic heterocycles. The SMILES string of the molecule is CNCc1cnc(N2CCCCC2)c(C)c1. The molecule has 1 fully saturated rings. The third kappa shape index (κ3) is 2.53. The van der Waals surface area contributed by atoms with Gasteiger partial charge in [0.05, 0.1) is 0 Å². The minimum atomic E-state index is 0.897. The third-order valence-electron chi connectivity index (χ3n) is 3.14. The van der Waals surface area contributed by atoms with E-state index in [-0.39, 0.29) is 0 Å². The molecule has 0 bridgehead atoms. The smallest absolute Gasteiger partial charge is 0.131 e. The number of hydrogen-bond donors (Lipinski definition) is 1. The molecular weight excluding hydrogens is 198 g/mol. The molecule has 0 radical (unpaired) electrons. The predicted molar refractivity (Wildman–Crippen MR) is 67.8 cm³/mol. The number of pyridine rings is 1. The van der Waals surface area contributed by atoms with Gasteiger partial charge in [0, 0.05) is 25.8 Å². The van der Waals surface area contributed by atoms with Gasteiger partial charge in [-0.25, -0.2) is 4.98 Å². The zero-order valence-electron chi connectivity index (χ0n) is 10.3. The van der Waals surface area contributed by atoms with Crippen LogP contribution in [0.3, 0.4) is 0 Å². The Hall–Kier alpha value is -1.09. The fourth-order valence-corrected chi connectivity index (χ4v) is 2.36. The number of nitrogens with zero attached hydrogens (tertiary/aromatic N) is 2. The summed E-state index contributed by atoms with van der Waals surface area (Å²) in [5.41, 5.74) is 2.57. The standard InChI is InChI=1S/C13H21N3/c1-11-8-12(9-14-2)10-15-13(11)16-6-4-3-5-7-16/h8,10,14H,3-7,9H2,1-2H3. The van der Waals surface area contributed by atoms with Crippen molar-refractivity contribution < 1.29 is 0 Å². The first-order chi connectivity index (χ1) is 7.81. The Morgan fingerprint density at radius 3 is 2.69 bits per heavy atom. The van der Waals surface area contributed by atoms with E-state index < -0.39 is 0 Å². The molecule has 1 aliphatic heterocycles. The van der Waals surface area contributed by atoms with E-state index in [2.05, 4.69) is 28.2 Å². The number of aryl methyl sites for hydroxylation is 1. The van der Waals surface area contributed by atoms with E-state index in [0.717, 1.165) is 6.54 Å². The molecule has 2 heterocycles. The summed E-state index contributed by atoms with van der Waals surface area (Å²) in [6.45, 7) is 5.39. The van der Waals surface area contributed by atoms with Crippen molar-refractivity contribution in [2.45, 2.75) is 32.7 Å². The van der Waals surface area contributed by atoms with Gasteiger partial charge < -0.3 is 10.2 Å². The van der Waals surface area contributed by atoms with E-state index in [9.17, 15) is 0 Å². The molecule has 0 aliphatic carbocycles. The summed E-state index contributed by atoms with van der Waals surface area (Å²) in [6, 6.07) is 2.24.